The van der Waals surface area contributed by atoms with Crippen LogP contribution in [0.15, 0.2) is 22.7 Å². The van der Waals surface area contributed by atoms with E-state index in [-0.39, 0.29) is 11.9 Å². The van der Waals surface area contributed by atoms with Crippen LogP contribution in [0.4, 0.5) is 5.00 Å². The molecule has 1 aromatic carbocycles. The van der Waals surface area contributed by atoms with Gasteiger partial charge >= 0.3 is 5.97 Å². The lowest BCUT2D eigenvalue weighted by atomic mass is 10.1. The van der Waals surface area contributed by atoms with Gasteiger partial charge in [-0.2, -0.15) is 0 Å². The van der Waals surface area contributed by atoms with E-state index in [4.69, 9.17) is 9.47 Å². The first-order valence-electron chi connectivity index (χ1n) is 8.60. The van der Waals surface area contributed by atoms with Crippen LogP contribution in [0.2, 0.25) is 0 Å². The Morgan fingerprint density at radius 3 is 2.73 bits per heavy atom. The number of fused-ring (bicyclic) bond motifs is 1. The minimum atomic E-state index is -0.366. The van der Waals surface area contributed by atoms with Gasteiger partial charge in [-0.05, 0) is 72.8 Å². The molecule has 1 amide bonds. The average molecular weight is 438 g/mol. The number of amides is 1. The second kappa shape index (κ2) is 8.22. The van der Waals surface area contributed by atoms with Crippen LogP contribution in [-0.2, 0) is 17.6 Å². The fourth-order valence-electron chi connectivity index (χ4n) is 3.00. The highest BCUT2D eigenvalue weighted by Crippen LogP contribution is 2.39. The van der Waals surface area contributed by atoms with Crippen LogP contribution in [0.5, 0.6) is 5.75 Å². The third-order valence-corrected chi connectivity index (χ3v) is 5.95. The summed E-state index contributed by atoms with van der Waals surface area (Å²) in [5.74, 6) is 0.0562. The van der Waals surface area contributed by atoms with Gasteiger partial charge in [-0.3, -0.25) is 4.79 Å². The lowest BCUT2D eigenvalue weighted by molar-refractivity contribution is 0.0527. The topological polar surface area (TPSA) is 64.6 Å². The highest BCUT2D eigenvalue weighted by Gasteiger charge is 2.28. The number of hydrogen-bond acceptors (Lipinski definition) is 5. The number of benzene rings is 1. The number of ether oxygens (including phenoxy) is 2. The first-order chi connectivity index (χ1) is 12.5. The van der Waals surface area contributed by atoms with Crippen LogP contribution in [0.3, 0.4) is 0 Å². The van der Waals surface area contributed by atoms with Crippen molar-refractivity contribution in [3.63, 3.8) is 0 Å². The summed E-state index contributed by atoms with van der Waals surface area (Å²) in [7, 11) is 0. The predicted octanol–water partition coefficient (Wildman–Crippen LogP) is 4.83. The zero-order valence-electron chi connectivity index (χ0n) is 14.7. The minimum absolute atomic E-state index is 0.265. The van der Waals surface area contributed by atoms with Crippen molar-refractivity contribution in [3.8, 4) is 5.75 Å². The number of carbonyl (C=O) groups is 2. The Morgan fingerprint density at radius 2 is 2.04 bits per heavy atom. The van der Waals surface area contributed by atoms with Gasteiger partial charge in [0.25, 0.3) is 5.91 Å². The number of carbonyl (C=O) groups excluding carboxylic acids is 2. The van der Waals surface area contributed by atoms with Crippen LogP contribution in [0.25, 0.3) is 0 Å². The molecule has 7 heteroatoms. The molecule has 26 heavy (non-hydrogen) atoms. The summed E-state index contributed by atoms with van der Waals surface area (Å²) in [6, 6.07) is 5.17. The van der Waals surface area contributed by atoms with E-state index < -0.39 is 0 Å². The van der Waals surface area contributed by atoms with Crippen molar-refractivity contribution in [1.29, 1.82) is 0 Å². The van der Waals surface area contributed by atoms with Crippen molar-refractivity contribution < 1.29 is 19.1 Å². The van der Waals surface area contributed by atoms with Crippen molar-refractivity contribution >= 4 is 44.1 Å². The van der Waals surface area contributed by atoms with E-state index in [0.29, 0.717) is 39.6 Å². The van der Waals surface area contributed by atoms with Gasteiger partial charge in [-0.25, -0.2) is 4.79 Å². The molecule has 0 atom stereocenters. The van der Waals surface area contributed by atoms with Gasteiger partial charge in [-0.1, -0.05) is 0 Å². The Kier molecular flexibility index (Phi) is 5.98. The van der Waals surface area contributed by atoms with Crippen LogP contribution >= 0.6 is 27.3 Å². The summed E-state index contributed by atoms with van der Waals surface area (Å²) in [6.45, 7) is 4.54. The molecular weight excluding hydrogens is 418 g/mol. The quantitative estimate of drug-likeness (QED) is 0.657. The molecule has 0 bridgehead atoms. The minimum Gasteiger partial charge on any atom is -0.493 e. The second-order valence-electron chi connectivity index (χ2n) is 5.81. The van der Waals surface area contributed by atoms with E-state index >= 15 is 0 Å². The predicted molar refractivity (Wildman–Crippen MR) is 106 cm³/mol. The normalized spacial score (nSPS) is 12.6. The Labute approximate surface area is 164 Å². The number of anilines is 1. The van der Waals surface area contributed by atoms with Gasteiger partial charge in [0.2, 0.25) is 0 Å². The van der Waals surface area contributed by atoms with E-state index in [0.717, 1.165) is 29.7 Å². The molecule has 0 radical (unpaired) electrons. The fourth-order valence-corrected chi connectivity index (χ4v) is 4.77. The van der Waals surface area contributed by atoms with E-state index in [2.05, 4.69) is 21.2 Å². The Bertz CT molecular complexity index is 846. The van der Waals surface area contributed by atoms with Crippen LogP contribution in [-0.4, -0.2) is 25.1 Å². The first kappa shape index (κ1) is 18.9. The summed E-state index contributed by atoms with van der Waals surface area (Å²) in [4.78, 5) is 26.2. The number of halogens is 1. The van der Waals surface area contributed by atoms with Crippen LogP contribution in [0.1, 0.15) is 51.4 Å². The molecule has 0 saturated carbocycles. The van der Waals surface area contributed by atoms with Crippen molar-refractivity contribution in [1.82, 2.24) is 0 Å². The lowest BCUT2D eigenvalue weighted by Gasteiger charge is -2.10. The molecule has 1 heterocycles. The lowest BCUT2D eigenvalue weighted by Crippen LogP contribution is -2.15. The largest absolute Gasteiger partial charge is 0.493 e. The number of rotatable bonds is 6. The molecule has 138 valence electrons. The Morgan fingerprint density at radius 1 is 1.23 bits per heavy atom. The van der Waals surface area contributed by atoms with Gasteiger partial charge in [0.15, 0.2) is 0 Å². The number of hydrogen-bond donors (Lipinski definition) is 1. The molecule has 1 aliphatic carbocycles. The maximum Gasteiger partial charge on any atom is 0.341 e. The molecule has 1 aromatic heterocycles. The highest BCUT2D eigenvalue weighted by molar-refractivity contribution is 9.10. The summed E-state index contributed by atoms with van der Waals surface area (Å²) in [5, 5.41) is 3.46. The number of esters is 1. The van der Waals surface area contributed by atoms with Crippen molar-refractivity contribution in [2.75, 3.05) is 18.5 Å². The summed E-state index contributed by atoms with van der Waals surface area (Å²) in [6.07, 6.45) is 2.83. The highest BCUT2D eigenvalue weighted by atomic mass is 79.9. The summed E-state index contributed by atoms with van der Waals surface area (Å²) in [5.41, 5.74) is 2.03. The molecule has 0 spiro atoms. The number of aryl methyl sites for hydroxylation is 1. The average Bonchev–Trinajstić information content (AvgIpc) is 3.17. The zero-order valence-corrected chi connectivity index (χ0v) is 17.1. The Balaban J connectivity index is 1.86. The van der Waals surface area contributed by atoms with Gasteiger partial charge in [0.1, 0.15) is 10.8 Å². The zero-order chi connectivity index (χ0) is 18.7. The second-order valence-corrected chi connectivity index (χ2v) is 7.77. The van der Waals surface area contributed by atoms with E-state index in [1.54, 1.807) is 25.1 Å². The Hall–Kier alpha value is -1.86. The van der Waals surface area contributed by atoms with Gasteiger partial charge in [0, 0.05) is 10.4 Å². The third-order valence-electron chi connectivity index (χ3n) is 4.12. The van der Waals surface area contributed by atoms with Crippen molar-refractivity contribution in [2.45, 2.75) is 33.1 Å². The van der Waals surface area contributed by atoms with Gasteiger partial charge in [0.05, 0.1) is 23.2 Å². The molecular formula is C19H20BrNO4S. The summed E-state index contributed by atoms with van der Waals surface area (Å²) >= 11 is 4.89. The van der Waals surface area contributed by atoms with Crippen LogP contribution < -0.4 is 10.1 Å². The molecule has 1 aliphatic rings. The molecule has 0 fully saturated rings. The molecule has 0 aliphatic heterocycles. The molecule has 1 N–H and O–H groups in total. The van der Waals surface area contributed by atoms with Crippen LogP contribution in [0, 0.1) is 0 Å². The molecule has 0 saturated heterocycles. The van der Waals surface area contributed by atoms with E-state index in [1.165, 1.54) is 11.3 Å². The maximum atomic E-state index is 12.7. The van der Waals surface area contributed by atoms with Crippen molar-refractivity contribution in [2.24, 2.45) is 0 Å². The van der Waals surface area contributed by atoms with Crippen molar-refractivity contribution in [3.05, 3.63) is 44.2 Å². The SMILES string of the molecule is CCOC(=O)c1c(NC(=O)c2ccc(OCC)c(Br)c2)sc2c1CCC2. The summed E-state index contributed by atoms with van der Waals surface area (Å²) < 4.78 is 11.4. The first-order valence-corrected chi connectivity index (χ1v) is 10.2. The molecule has 3 rings (SSSR count). The van der Waals surface area contributed by atoms with E-state index in [1.807, 2.05) is 6.92 Å². The monoisotopic (exact) mass is 437 g/mol. The van der Waals surface area contributed by atoms with Gasteiger partial charge in [-0.15, -0.1) is 11.3 Å². The standard InChI is InChI=1S/C19H20BrNO4S/c1-3-24-14-9-8-11(10-13(14)20)17(22)21-18-16(19(23)25-4-2)12-6-5-7-15(12)26-18/h8-10H,3-7H2,1-2H3,(H,21,22). The molecule has 0 unspecified atom stereocenters. The number of nitrogens with one attached hydrogen (secondary N) is 1. The maximum absolute atomic E-state index is 12.7. The van der Waals surface area contributed by atoms with Gasteiger partial charge < -0.3 is 14.8 Å². The fraction of sp³-hybridized carbons (Fsp3) is 0.368. The third kappa shape index (κ3) is 3.78. The molecule has 5 nitrogen and oxygen atoms in total. The molecule has 2 aromatic rings. The smallest absolute Gasteiger partial charge is 0.341 e. The number of thiophene rings is 1. The van der Waals surface area contributed by atoms with E-state index in [9.17, 15) is 9.59 Å².